The van der Waals surface area contributed by atoms with Crippen LogP contribution >= 0.6 is 15.9 Å². The Bertz CT molecular complexity index is 626. The lowest BCUT2D eigenvalue weighted by molar-refractivity contribution is 0.607. The molecule has 2 N–H and O–H groups in total. The zero-order chi connectivity index (χ0) is 14.3. The van der Waals surface area contributed by atoms with Crippen LogP contribution in [0.5, 0.6) is 0 Å². The third-order valence-corrected chi connectivity index (χ3v) is 5.23. The lowest BCUT2D eigenvalue weighted by Crippen LogP contribution is -2.09. The standard InChI is InChI=1S/C15H21BrN4/c1-10-15(16)14(19(2)18-10)9-20-7-11-5-3-4-6-13(17)12(11)8-20/h7-8,13H,3-6,9,17H2,1-2H3. The number of aromatic nitrogens is 3. The van der Waals surface area contributed by atoms with Crippen LogP contribution in [0.1, 0.15) is 47.8 Å². The maximum atomic E-state index is 6.28. The van der Waals surface area contributed by atoms with Crippen LogP contribution in [0.4, 0.5) is 0 Å². The van der Waals surface area contributed by atoms with Gasteiger partial charge >= 0.3 is 0 Å². The van der Waals surface area contributed by atoms with Gasteiger partial charge in [0.15, 0.2) is 0 Å². The lowest BCUT2D eigenvalue weighted by atomic mass is 10.1. The van der Waals surface area contributed by atoms with Gasteiger partial charge in [0, 0.05) is 25.5 Å². The van der Waals surface area contributed by atoms with Gasteiger partial charge < -0.3 is 10.3 Å². The van der Waals surface area contributed by atoms with Gasteiger partial charge in [0.2, 0.25) is 0 Å². The molecule has 5 heteroatoms. The van der Waals surface area contributed by atoms with Crippen LogP contribution < -0.4 is 5.73 Å². The first-order valence-corrected chi connectivity index (χ1v) is 7.97. The van der Waals surface area contributed by atoms with E-state index in [2.05, 4.69) is 38.0 Å². The van der Waals surface area contributed by atoms with Gasteiger partial charge in [-0.3, -0.25) is 4.68 Å². The Morgan fingerprint density at radius 3 is 2.90 bits per heavy atom. The molecule has 1 aliphatic rings. The third-order valence-electron chi connectivity index (χ3n) is 4.20. The first-order chi connectivity index (χ1) is 9.56. The molecular formula is C15H21BrN4. The molecule has 0 spiro atoms. The number of fused-ring (bicyclic) bond motifs is 1. The summed E-state index contributed by atoms with van der Waals surface area (Å²) in [4.78, 5) is 0. The number of nitrogens with zero attached hydrogens (tertiary/aromatic N) is 3. The molecule has 2 aromatic rings. The van der Waals surface area contributed by atoms with Gasteiger partial charge in [-0.25, -0.2) is 0 Å². The van der Waals surface area contributed by atoms with Crippen molar-refractivity contribution in [3.05, 3.63) is 39.4 Å². The maximum Gasteiger partial charge on any atom is 0.0739 e. The second-order valence-corrected chi connectivity index (χ2v) is 6.53. The summed E-state index contributed by atoms with van der Waals surface area (Å²) in [5.74, 6) is 0. The zero-order valence-electron chi connectivity index (χ0n) is 12.1. The molecule has 0 saturated carbocycles. The highest BCUT2D eigenvalue weighted by molar-refractivity contribution is 9.10. The molecule has 1 unspecified atom stereocenters. The molecule has 1 atom stereocenters. The predicted molar refractivity (Wildman–Crippen MR) is 83.7 cm³/mol. The Hall–Kier alpha value is -1.07. The second kappa shape index (κ2) is 5.37. The first kappa shape index (κ1) is 13.9. The van der Waals surface area contributed by atoms with Crippen LogP contribution in [0.25, 0.3) is 0 Å². The van der Waals surface area contributed by atoms with Crippen LogP contribution in [0, 0.1) is 6.92 Å². The minimum absolute atomic E-state index is 0.200. The van der Waals surface area contributed by atoms with Crippen LogP contribution in [0.3, 0.4) is 0 Å². The summed E-state index contributed by atoms with van der Waals surface area (Å²) in [6.45, 7) is 2.85. The molecule has 2 heterocycles. The molecule has 4 nitrogen and oxygen atoms in total. The Balaban J connectivity index is 1.90. The van der Waals surface area contributed by atoms with Crippen molar-refractivity contribution in [2.75, 3.05) is 0 Å². The fourth-order valence-electron chi connectivity index (χ4n) is 3.07. The molecule has 0 bridgehead atoms. The highest BCUT2D eigenvalue weighted by Crippen LogP contribution is 2.29. The van der Waals surface area contributed by atoms with Crippen molar-refractivity contribution in [2.24, 2.45) is 12.8 Å². The van der Waals surface area contributed by atoms with Crippen molar-refractivity contribution >= 4 is 15.9 Å². The van der Waals surface area contributed by atoms with Crippen molar-refractivity contribution < 1.29 is 0 Å². The Labute approximate surface area is 128 Å². The summed E-state index contributed by atoms with van der Waals surface area (Å²) in [5.41, 5.74) is 11.3. The monoisotopic (exact) mass is 336 g/mol. The summed E-state index contributed by atoms with van der Waals surface area (Å²) in [5, 5.41) is 4.45. The van der Waals surface area contributed by atoms with E-state index in [1.807, 2.05) is 18.7 Å². The quantitative estimate of drug-likeness (QED) is 0.856. The molecule has 2 aromatic heterocycles. The van der Waals surface area contributed by atoms with E-state index in [0.29, 0.717) is 0 Å². The minimum atomic E-state index is 0.200. The van der Waals surface area contributed by atoms with Crippen molar-refractivity contribution in [2.45, 2.75) is 45.2 Å². The van der Waals surface area contributed by atoms with Crippen LogP contribution in [0.2, 0.25) is 0 Å². The van der Waals surface area contributed by atoms with Crippen LogP contribution in [-0.4, -0.2) is 14.3 Å². The SMILES string of the molecule is Cc1nn(C)c(Cn2cc3c(c2)C(N)CCCC3)c1Br. The van der Waals surface area contributed by atoms with Crippen molar-refractivity contribution in [1.29, 1.82) is 0 Å². The number of rotatable bonds is 2. The van der Waals surface area contributed by atoms with Gasteiger partial charge in [0.05, 0.1) is 22.4 Å². The molecule has 0 saturated heterocycles. The van der Waals surface area contributed by atoms with Gasteiger partial charge in [0.1, 0.15) is 0 Å². The Morgan fingerprint density at radius 1 is 1.40 bits per heavy atom. The van der Waals surface area contributed by atoms with Gasteiger partial charge in [0.25, 0.3) is 0 Å². The molecule has 0 radical (unpaired) electrons. The second-order valence-electron chi connectivity index (χ2n) is 5.73. The Kier molecular flexibility index (Phi) is 3.73. The van der Waals surface area contributed by atoms with E-state index in [9.17, 15) is 0 Å². The van der Waals surface area contributed by atoms with E-state index in [0.717, 1.165) is 29.6 Å². The largest absolute Gasteiger partial charge is 0.348 e. The summed E-state index contributed by atoms with van der Waals surface area (Å²) < 4.78 is 5.30. The maximum absolute atomic E-state index is 6.28. The molecule has 20 heavy (non-hydrogen) atoms. The highest BCUT2D eigenvalue weighted by Gasteiger charge is 2.18. The van der Waals surface area contributed by atoms with Gasteiger partial charge in [-0.1, -0.05) is 6.42 Å². The molecule has 0 aromatic carbocycles. The summed E-state index contributed by atoms with van der Waals surface area (Å²) >= 11 is 3.63. The molecule has 0 aliphatic heterocycles. The zero-order valence-corrected chi connectivity index (χ0v) is 13.7. The third kappa shape index (κ3) is 2.44. The van der Waals surface area contributed by atoms with Gasteiger partial charge in [-0.15, -0.1) is 0 Å². The summed E-state index contributed by atoms with van der Waals surface area (Å²) in [6, 6.07) is 0.200. The van der Waals surface area contributed by atoms with E-state index < -0.39 is 0 Å². The fourth-order valence-corrected chi connectivity index (χ4v) is 3.53. The van der Waals surface area contributed by atoms with Crippen LogP contribution in [-0.2, 0) is 20.0 Å². The molecule has 108 valence electrons. The van der Waals surface area contributed by atoms with Crippen molar-refractivity contribution in [1.82, 2.24) is 14.3 Å². The highest BCUT2D eigenvalue weighted by atomic mass is 79.9. The molecule has 1 aliphatic carbocycles. The molecule has 3 rings (SSSR count). The van der Waals surface area contributed by atoms with E-state index in [1.54, 1.807) is 0 Å². The predicted octanol–water partition coefficient (Wildman–Crippen LogP) is 3.07. The summed E-state index contributed by atoms with van der Waals surface area (Å²) in [6.07, 6.45) is 9.23. The minimum Gasteiger partial charge on any atom is -0.348 e. The molecule has 0 fully saturated rings. The van der Waals surface area contributed by atoms with Crippen molar-refractivity contribution in [3.8, 4) is 0 Å². The summed E-state index contributed by atoms with van der Waals surface area (Å²) in [7, 11) is 1.99. The number of halogens is 1. The van der Waals surface area contributed by atoms with Crippen LogP contribution in [0.15, 0.2) is 16.9 Å². The topological polar surface area (TPSA) is 48.8 Å². The number of hydrogen-bond acceptors (Lipinski definition) is 2. The average molecular weight is 337 g/mol. The van der Waals surface area contributed by atoms with Gasteiger partial charge in [-0.2, -0.15) is 5.10 Å². The van der Waals surface area contributed by atoms with E-state index in [4.69, 9.17) is 5.73 Å². The Morgan fingerprint density at radius 2 is 2.20 bits per heavy atom. The number of aryl methyl sites for hydroxylation is 3. The van der Waals surface area contributed by atoms with E-state index >= 15 is 0 Å². The lowest BCUT2D eigenvalue weighted by Gasteiger charge is -2.08. The number of nitrogens with two attached hydrogens (primary N) is 1. The van der Waals surface area contributed by atoms with Gasteiger partial charge in [-0.05, 0) is 53.2 Å². The first-order valence-electron chi connectivity index (χ1n) is 7.18. The van der Waals surface area contributed by atoms with E-state index in [1.165, 1.54) is 29.7 Å². The molecule has 0 amide bonds. The smallest absolute Gasteiger partial charge is 0.0739 e. The van der Waals surface area contributed by atoms with E-state index in [-0.39, 0.29) is 6.04 Å². The number of hydrogen-bond donors (Lipinski definition) is 1. The fraction of sp³-hybridized carbons (Fsp3) is 0.533. The van der Waals surface area contributed by atoms with Crippen molar-refractivity contribution in [3.63, 3.8) is 0 Å². The molecular weight excluding hydrogens is 316 g/mol. The average Bonchev–Trinajstić information content (AvgIpc) is 2.86. The normalized spacial score (nSPS) is 18.9.